The van der Waals surface area contributed by atoms with Crippen LogP contribution in [0.3, 0.4) is 0 Å². The van der Waals surface area contributed by atoms with Crippen LogP contribution < -0.4 is 0 Å². The van der Waals surface area contributed by atoms with Crippen LogP contribution in [0.4, 0.5) is 0 Å². The fourth-order valence-electron chi connectivity index (χ4n) is 8.73. The monoisotopic (exact) mass is 698 g/mol. The van der Waals surface area contributed by atoms with Gasteiger partial charge in [-0.05, 0) is 106 Å². The van der Waals surface area contributed by atoms with Crippen molar-refractivity contribution < 1.29 is 4.42 Å². The number of fused-ring (bicyclic) bond motifs is 6. The van der Waals surface area contributed by atoms with Crippen LogP contribution in [0.25, 0.3) is 110 Å². The van der Waals surface area contributed by atoms with Gasteiger partial charge in [0.25, 0.3) is 0 Å². The zero-order valence-electron chi connectivity index (χ0n) is 30.0. The van der Waals surface area contributed by atoms with E-state index in [4.69, 9.17) is 4.42 Å². The molecule has 0 bridgehead atoms. The molecule has 0 aliphatic rings. The molecule has 0 saturated heterocycles. The maximum atomic E-state index is 6.10. The number of para-hydroxylation sites is 1. The van der Waals surface area contributed by atoms with Crippen molar-refractivity contribution in [3.63, 3.8) is 0 Å². The van der Waals surface area contributed by atoms with Gasteiger partial charge in [-0.3, -0.25) is 0 Å². The van der Waals surface area contributed by atoms with E-state index >= 15 is 0 Å². The van der Waals surface area contributed by atoms with Crippen LogP contribution in [0.5, 0.6) is 0 Å². The molecule has 256 valence electrons. The van der Waals surface area contributed by atoms with Gasteiger partial charge in [0, 0.05) is 10.8 Å². The van der Waals surface area contributed by atoms with Gasteiger partial charge in [-0.15, -0.1) is 0 Å². The van der Waals surface area contributed by atoms with Crippen molar-refractivity contribution in [2.24, 2.45) is 0 Å². The molecule has 1 heteroatoms. The van der Waals surface area contributed by atoms with Crippen molar-refractivity contribution in [3.8, 4) is 55.6 Å². The molecule has 1 aromatic heterocycles. The zero-order valence-corrected chi connectivity index (χ0v) is 30.0. The molecule has 0 atom stereocenters. The van der Waals surface area contributed by atoms with Gasteiger partial charge in [-0.2, -0.15) is 0 Å². The molecular formula is C54H34O. The largest absolute Gasteiger partial charge is 0.456 e. The second kappa shape index (κ2) is 12.7. The first-order valence-corrected chi connectivity index (χ1v) is 18.9. The van der Waals surface area contributed by atoms with Crippen molar-refractivity contribution in [2.75, 3.05) is 0 Å². The predicted octanol–water partition coefficient (Wildman–Crippen LogP) is 15.4. The Morgan fingerprint density at radius 2 is 0.691 bits per heavy atom. The smallest absolute Gasteiger partial charge is 0.135 e. The van der Waals surface area contributed by atoms with Crippen molar-refractivity contribution >= 4 is 54.3 Å². The van der Waals surface area contributed by atoms with Crippen LogP contribution in [0, 0.1) is 0 Å². The molecule has 0 amide bonds. The van der Waals surface area contributed by atoms with Gasteiger partial charge >= 0.3 is 0 Å². The molecular weight excluding hydrogens is 665 g/mol. The lowest BCUT2D eigenvalue weighted by Crippen LogP contribution is -1.91. The average molecular weight is 699 g/mol. The van der Waals surface area contributed by atoms with E-state index in [9.17, 15) is 0 Å². The number of benzene rings is 10. The molecule has 0 N–H and O–H groups in total. The summed E-state index contributed by atoms with van der Waals surface area (Å²) in [5.74, 6) is 0. The summed E-state index contributed by atoms with van der Waals surface area (Å²) in [7, 11) is 0. The van der Waals surface area contributed by atoms with Crippen LogP contribution in [0.15, 0.2) is 211 Å². The summed E-state index contributed by atoms with van der Waals surface area (Å²) in [6.07, 6.45) is 0. The van der Waals surface area contributed by atoms with Crippen LogP contribution >= 0.6 is 0 Å². The Hall–Kier alpha value is -7.22. The van der Waals surface area contributed by atoms with E-state index in [0.29, 0.717) is 0 Å². The molecule has 0 saturated carbocycles. The third kappa shape index (κ3) is 5.16. The van der Waals surface area contributed by atoms with Crippen LogP contribution in [0.1, 0.15) is 0 Å². The molecule has 11 rings (SSSR count). The second-order valence-electron chi connectivity index (χ2n) is 14.4. The summed E-state index contributed by atoms with van der Waals surface area (Å²) in [5, 5.41) is 9.81. The van der Waals surface area contributed by atoms with Crippen molar-refractivity contribution in [1.29, 1.82) is 0 Å². The van der Waals surface area contributed by atoms with Gasteiger partial charge in [0.2, 0.25) is 0 Å². The minimum absolute atomic E-state index is 0.917. The van der Waals surface area contributed by atoms with Gasteiger partial charge < -0.3 is 4.42 Å². The maximum absolute atomic E-state index is 6.10. The van der Waals surface area contributed by atoms with Gasteiger partial charge in [0.05, 0.1) is 0 Å². The highest BCUT2D eigenvalue weighted by Crippen LogP contribution is 2.45. The number of rotatable bonds is 5. The lowest BCUT2D eigenvalue weighted by molar-refractivity contribution is 0.669. The fourth-order valence-corrected chi connectivity index (χ4v) is 8.73. The van der Waals surface area contributed by atoms with E-state index in [-0.39, 0.29) is 0 Å². The molecule has 0 radical (unpaired) electrons. The van der Waals surface area contributed by atoms with Crippen LogP contribution in [-0.2, 0) is 0 Å². The predicted molar refractivity (Wildman–Crippen MR) is 233 cm³/mol. The highest BCUT2D eigenvalue weighted by atomic mass is 16.3. The average Bonchev–Trinajstić information content (AvgIpc) is 3.64. The second-order valence-corrected chi connectivity index (χ2v) is 14.4. The molecule has 0 unspecified atom stereocenters. The Bertz CT molecular complexity index is 3170. The fraction of sp³-hybridized carbons (Fsp3) is 0. The Labute approximate surface area is 319 Å². The van der Waals surface area contributed by atoms with Crippen molar-refractivity contribution in [1.82, 2.24) is 0 Å². The molecule has 1 nitrogen and oxygen atoms in total. The lowest BCUT2D eigenvalue weighted by atomic mass is 9.85. The molecule has 0 aliphatic carbocycles. The standard InChI is InChI=1S/C54H34O/c1-2-13-38(14-3-1)52-42-15-5-4-12-36(42)30-32-43(52)37-24-28-40(29-25-37)54-47-19-8-6-17-45(47)53(46-18-7-9-20-48(46)54)39-26-22-35(23-27-39)41-31-33-51-49(34-41)44-16-10-11-21-50(44)55-51/h1-34H. The van der Waals surface area contributed by atoms with Crippen molar-refractivity contribution in [2.45, 2.75) is 0 Å². The van der Waals surface area contributed by atoms with E-state index < -0.39 is 0 Å². The molecule has 10 aromatic carbocycles. The Balaban J connectivity index is 1.03. The van der Waals surface area contributed by atoms with E-state index in [2.05, 4.69) is 194 Å². The van der Waals surface area contributed by atoms with Gasteiger partial charge in [0.1, 0.15) is 11.2 Å². The highest BCUT2D eigenvalue weighted by molar-refractivity contribution is 6.21. The summed E-state index contributed by atoms with van der Waals surface area (Å²) < 4.78 is 6.10. The quantitative estimate of drug-likeness (QED) is 0.163. The van der Waals surface area contributed by atoms with Crippen LogP contribution in [-0.4, -0.2) is 0 Å². The Kier molecular flexibility index (Phi) is 7.25. The highest BCUT2D eigenvalue weighted by Gasteiger charge is 2.18. The van der Waals surface area contributed by atoms with Gasteiger partial charge in [-0.1, -0.05) is 188 Å². The summed E-state index contributed by atoms with van der Waals surface area (Å²) >= 11 is 0. The first kappa shape index (κ1) is 31.3. The summed E-state index contributed by atoms with van der Waals surface area (Å²) in [4.78, 5) is 0. The first-order valence-electron chi connectivity index (χ1n) is 18.9. The molecule has 11 aromatic rings. The third-order valence-electron chi connectivity index (χ3n) is 11.3. The third-order valence-corrected chi connectivity index (χ3v) is 11.3. The summed E-state index contributed by atoms with van der Waals surface area (Å²) in [5.41, 5.74) is 14.1. The van der Waals surface area contributed by atoms with E-state index in [0.717, 1.165) is 21.9 Å². The molecule has 55 heavy (non-hydrogen) atoms. The minimum Gasteiger partial charge on any atom is -0.456 e. The summed E-state index contributed by atoms with van der Waals surface area (Å²) in [6, 6.07) is 74.8. The molecule has 0 fully saturated rings. The SMILES string of the molecule is c1ccc(-c2c(-c3ccc(-c4c5ccccc5c(-c5ccc(-c6ccc7oc8ccccc8c7c6)cc5)c5ccccc45)cc3)ccc3ccccc23)cc1. The van der Waals surface area contributed by atoms with Crippen molar-refractivity contribution in [3.05, 3.63) is 206 Å². The topological polar surface area (TPSA) is 13.1 Å². The lowest BCUT2D eigenvalue weighted by Gasteiger charge is -2.18. The Morgan fingerprint density at radius 1 is 0.236 bits per heavy atom. The zero-order chi connectivity index (χ0) is 36.3. The van der Waals surface area contributed by atoms with Gasteiger partial charge in [0.15, 0.2) is 0 Å². The maximum Gasteiger partial charge on any atom is 0.135 e. The Morgan fingerprint density at radius 3 is 1.33 bits per heavy atom. The normalized spacial score (nSPS) is 11.6. The molecule has 0 aliphatic heterocycles. The van der Waals surface area contributed by atoms with Crippen LogP contribution in [0.2, 0.25) is 0 Å². The van der Waals surface area contributed by atoms with E-state index in [1.165, 1.54) is 88.0 Å². The summed E-state index contributed by atoms with van der Waals surface area (Å²) in [6.45, 7) is 0. The number of furan rings is 1. The van der Waals surface area contributed by atoms with E-state index in [1.54, 1.807) is 0 Å². The van der Waals surface area contributed by atoms with Gasteiger partial charge in [-0.25, -0.2) is 0 Å². The molecule has 1 heterocycles. The number of hydrogen-bond donors (Lipinski definition) is 0. The first-order chi connectivity index (χ1) is 27.3. The van der Waals surface area contributed by atoms with E-state index in [1.807, 2.05) is 12.1 Å². The number of hydrogen-bond acceptors (Lipinski definition) is 1. The molecule has 0 spiro atoms. The minimum atomic E-state index is 0.917.